The highest BCUT2D eigenvalue weighted by Gasteiger charge is 2.24. The van der Waals surface area contributed by atoms with Crippen molar-refractivity contribution in [3.05, 3.63) is 28.8 Å². The summed E-state index contributed by atoms with van der Waals surface area (Å²) in [7, 11) is 2.14. The largest absolute Gasteiger partial charge is 0.478 e. The Bertz CT molecular complexity index is 479. The number of rotatable bonds is 3. The molecule has 0 radical (unpaired) electrons. The normalized spacial score (nSPS) is 20.6. The van der Waals surface area contributed by atoms with Gasteiger partial charge in [-0.25, -0.2) is 4.79 Å². The molecule has 2 rings (SSSR count). The van der Waals surface area contributed by atoms with Crippen molar-refractivity contribution in [2.24, 2.45) is 0 Å². The number of carboxylic acid groups (broad SMARTS) is 1. The number of likely N-dealkylation sites (N-methyl/N-ethyl adjacent to an activating group) is 1. The molecule has 1 aliphatic rings. The van der Waals surface area contributed by atoms with Crippen LogP contribution in [0, 0.1) is 0 Å². The second-order valence-electron chi connectivity index (χ2n) is 4.96. The first kappa shape index (κ1) is 14.2. The van der Waals surface area contributed by atoms with Crippen LogP contribution in [0.25, 0.3) is 0 Å². The third kappa shape index (κ3) is 3.01. The van der Waals surface area contributed by atoms with Crippen molar-refractivity contribution in [3.63, 3.8) is 0 Å². The van der Waals surface area contributed by atoms with Crippen LogP contribution in [0.1, 0.15) is 23.7 Å². The number of aromatic carboxylic acids is 1. The molecule has 5 heteroatoms. The molecule has 0 saturated carbocycles. The predicted molar refractivity (Wildman–Crippen MR) is 77.3 cm³/mol. The predicted octanol–water partition coefficient (Wildman–Crippen LogP) is 2.57. The van der Waals surface area contributed by atoms with Gasteiger partial charge in [0.25, 0.3) is 0 Å². The van der Waals surface area contributed by atoms with Gasteiger partial charge in [0.05, 0.1) is 16.3 Å². The average Bonchev–Trinajstić information content (AvgIpc) is 2.39. The molecule has 1 heterocycles. The Kier molecular flexibility index (Phi) is 4.32. The Morgan fingerprint density at radius 3 is 2.79 bits per heavy atom. The first-order valence-electron chi connectivity index (χ1n) is 6.51. The number of nitrogens with zero attached hydrogens (tertiary/aromatic N) is 2. The van der Waals surface area contributed by atoms with Crippen LogP contribution in [0.5, 0.6) is 0 Å². The highest BCUT2D eigenvalue weighted by Crippen LogP contribution is 2.29. The third-order valence-electron chi connectivity index (χ3n) is 3.78. The van der Waals surface area contributed by atoms with Crippen LogP contribution in [0.4, 0.5) is 5.69 Å². The molecule has 19 heavy (non-hydrogen) atoms. The Balaban J connectivity index is 2.20. The van der Waals surface area contributed by atoms with E-state index in [1.165, 1.54) is 6.07 Å². The fourth-order valence-electron chi connectivity index (χ4n) is 2.50. The second kappa shape index (κ2) is 5.80. The lowest BCUT2D eigenvalue weighted by molar-refractivity contribution is 0.0697. The number of hydrogen-bond acceptors (Lipinski definition) is 3. The topological polar surface area (TPSA) is 43.8 Å². The van der Waals surface area contributed by atoms with E-state index in [2.05, 4.69) is 23.8 Å². The van der Waals surface area contributed by atoms with E-state index >= 15 is 0 Å². The molecule has 1 fully saturated rings. The van der Waals surface area contributed by atoms with Gasteiger partial charge in [-0.15, -0.1) is 0 Å². The van der Waals surface area contributed by atoms with Crippen LogP contribution in [-0.4, -0.2) is 48.7 Å². The van der Waals surface area contributed by atoms with E-state index in [-0.39, 0.29) is 5.56 Å². The van der Waals surface area contributed by atoms with Gasteiger partial charge in [-0.2, -0.15) is 0 Å². The molecule has 1 atom stereocenters. The molecule has 1 saturated heterocycles. The van der Waals surface area contributed by atoms with Gasteiger partial charge in [-0.05, 0) is 31.7 Å². The zero-order chi connectivity index (χ0) is 14.0. The second-order valence-corrected chi connectivity index (χ2v) is 5.37. The van der Waals surface area contributed by atoms with Crippen LogP contribution in [0.2, 0.25) is 5.02 Å². The summed E-state index contributed by atoms with van der Waals surface area (Å²) in [6.45, 7) is 5.02. The molecule has 1 aliphatic heterocycles. The van der Waals surface area contributed by atoms with Gasteiger partial charge in [0.1, 0.15) is 0 Å². The lowest BCUT2D eigenvalue weighted by Crippen LogP contribution is -2.51. The third-order valence-corrected chi connectivity index (χ3v) is 4.09. The number of piperazine rings is 1. The lowest BCUT2D eigenvalue weighted by Gasteiger charge is -2.40. The summed E-state index contributed by atoms with van der Waals surface area (Å²) >= 11 is 6.22. The standard InChI is InChI=1S/C14H19ClN2O2/c1-3-11-9-17(7-6-16(11)2)13-5-4-10(14(18)19)8-12(13)15/h4-5,8,11H,3,6-7,9H2,1-2H3,(H,18,19). The van der Waals surface area contributed by atoms with Crippen molar-refractivity contribution in [2.75, 3.05) is 31.6 Å². The Morgan fingerprint density at radius 2 is 2.21 bits per heavy atom. The van der Waals surface area contributed by atoms with E-state index in [9.17, 15) is 4.79 Å². The van der Waals surface area contributed by atoms with Gasteiger partial charge in [-0.1, -0.05) is 18.5 Å². The van der Waals surface area contributed by atoms with Crippen LogP contribution in [-0.2, 0) is 0 Å². The minimum Gasteiger partial charge on any atom is -0.478 e. The molecule has 1 aromatic rings. The van der Waals surface area contributed by atoms with Gasteiger partial charge in [0.15, 0.2) is 0 Å². The zero-order valence-electron chi connectivity index (χ0n) is 11.3. The summed E-state index contributed by atoms with van der Waals surface area (Å²) < 4.78 is 0. The minimum absolute atomic E-state index is 0.231. The molecule has 1 N–H and O–H groups in total. The summed E-state index contributed by atoms with van der Waals surface area (Å²) in [6.07, 6.45) is 1.10. The van der Waals surface area contributed by atoms with Crippen LogP contribution in [0.15, 0.2) is 18.2 Å². The van der Waals surface area contributed by atoms with Crippen molar-refractivity contribution in [2.45, 2.75) is 19.4 Å². The van der Waals surface area contributed by atoms with Crippen molar-refractivity contribution < 1.29 is 9.90 Å². The monoisotopic (exact) mass is 282 g/mol. The quantitative estimate of drug-likeness (QED) is 0.925. The summed E-state index contributed by atoms with van der Waals surface area (Å²) in [5, 5.41) is 9.46. The molecule has 1 aromatic carbocycles. The number of carbonyl (C=O) groups is 1. The summed E-state index contributed by atoms with van der Waals surface area (Å²) in [4.78, 5) is 15.5. The van der Waals surface area contributed by atoms with E-state index in [1.807, 2.05) is 6.07 Å². The Morgan fingerprint density at radius 1 is 1.47 bits per heavy atom. The smallest absolute Gasteiger partial charge is 0.335 e. The highest BCUT2D eigenvalue weighted by atomic mass is 35.5. The van der Waals surface area contributed by atoms with Gasteiger partial charge < -0.3 is 10.0 Å². The summed E-state index contributed by atoms with van der Waals surface area (Å²) in [5.41, 5.74) is 1.16. The number of carboxylic acids is 1. The molecule has 0 amide bonds. The maximum atomic E-state index is 10.9. The molecular formula is C14H19ClN2O2. The molecule has 0 bridgehead atoms. The SMILES string of the molecule is CCC1CN(c2ccc(C(=O)O)cc2Cl)CCN1C. The molecular weight excluding hydrogens is 264 g/mol. The van der Waals surface area contributed by atoms with Crippen molar-refractivity contribution in [3.8, 4) is 0 Å². The van der Waals surface area contributed by atoms with Gasteiger partial charge in [-0.3, -0.25) is 4.90 Å². The average molecular weight is 283 g/mol. The number of benzene rings is 1. The molecule has 0 aromatic heterocycles. The maximum Gasteiger partial charge on any atom is 0.335 e. The van der Waals surface area contributed by atoms with Gasteiger partial charge in [0.2, 0.25) is 0 Å². The van der Waals surface area contributed by atoms with Crippen molar-refractivity contribution >= 4 is 23.3 Å². The highest BCUT2D eigenvalue weighted by molar-refractivity contribution is 6.33. The first-order chi connectivity index (χ1) is 9.02. The van der Waals surface area contributed by atoms with Crippen LogP contribution in [0.3, 0.4) is 0 Å². The van der Waals surface area contributed by atoms with Gasteiger partial charge in [0, 0.05) is 25.7 Å². The van der Waals surface area contributed by atoms with Crippen LogP contribution >= 0.6 is 11.6 Å². The van der Waals surface area contributed by atoms with Crippen molar-refractivity contribution in [1.29, 1.82) is 0 Å². The van der Waals surface area contributed by atoms with E-state index in [0.29, 0.717) is 11.1 Å². The maximum absolute atomic E-state index is 10.9. The van der Waals surface area contributed by atoms with E-state index in [1.54, 1.807) is 6.07 Å². The van der Waals surface area contributed by atoms with E-state index < -0.39 is 5.97 Å². The van der Waals surface area contributed by atoms with E-state index in [4.69, 9.17) is 16.7 Å². The van der Waals surface area contributed by atoms with Gasteiger partial charge >= 0.3 is 5.97 Å². The molecule has 4 nitrogen and oxygen atoms in total. The zero-order valence-corrected chi connectivity index (χ0v) is 12.0. The summed E-state index contributed by atoms with van der Waals surface area (Å²) in [5.74, 6) is -0.946. The molecule has 1 unspecified atom stereocenters. The van der Waals surface area contributed by atoms with E-state index in [0.717, 1.165) is 31.7 Å². The fraction of sp³-hybridized carbons (Fsp3) is 0.500. The Hall–Kier alpha value is -1.26. The first-order valence-corrected chi connectivity index (χ1v) is 6.88. The summed E-state index contributed by atoms with van der Waals surface area (Å²) in [6, 6.07) is 5.47. The lowest BCUT2D eigenvalue weighted by atomic mass is 10.1. The molecule has 0 spiro atoms. The molecule has 104 valence electrons. The number of anilines is 1. The molecule has 0 aliphatic carbocycles. The van der Waals surface area contributed by atoms with Crippen molar-refractivity contribution in [1.82, 2.24) is 4.90 Å². The number of hydrogen-bond donors (Lipinski definition) is 1. The van der Waals surface area contributed by atoms with Crippen LogP contribution < -0.4 is 4.90 Å². The Labute approximate surface area is 118 Å². The fourth-order valence-corrected chi connectivity index (χ4v) is 2.80. The number of halogens is 1. The minimum atomic E-state index is -0.946.